The number of esters is 1. The molecule has 1 aromatic carbocycles. The summed E-state index contributed by atoms with van der Waals surface area (Å²) < 4.78 is 16.7. The summed E-state index contributed by atoms with van der Waals surface area (Å²) in [5, 5.41) is 0. The fraction of sp³-hybridized carbons (Fsp3) is 0.731. The number of carbonyl (C=O) groups excluding carboxylic acids is 1. The maximum Gasteiger partial charge on any atom is 0.338 e. The SMILES string of the molecule is COC(=O)c1cc(OC)c(OC)c2c1[C@]1(C)CC[C@H]3C(C)(C)CCC[C@]3(C)[C@H]1CC2. The molecular formula is C26H38O4. The van der Waals surface area contributed by atoms with Crippen LogP contribution in [0.4, 0.5) is 0 Å². The quantitative estimate of drug-likeness (QED) is 0.575. The number of carbonyl (C=O) groups is 1. The van der Waals surface area contributed by atoms with E-state index >= 15 is 0 Å². The van der Waals surface area contributed by atoms with Gasteiger partial charge in [-0.25, -0.2) is 4.79 Å². The number of benzene rings is 1. The summed E-state index contributed by atoms with van der Waals surface area (Å²) in [6.45, 7) is 9.89. The van der Waals surface area contributed by atoms with E-state index in [1.807, 2.05) is 6.07 Å². The highest BCUT2D eigenvalue weighted by molar-refractivity contribution is 5.93. The molecule has 0 radical (unpaired) electrons. The van der Waals surface area contributed by atoms with Crippen LogP contribution < -0.4 is 9.47 Å². The summed E-state index contributed by atoms with van der Waals surface area (Å²) in [7, 11) is 4.80. The van der Waals surface area contributed by atoms with Crippen LogP contribution in [0.5, 0.6) is 11.5 Å². The minimum atomic E-state index is -0.273. The van der Waals surface area contributed by atoms with Crippen molar-refractivity contribution in [3.63, 3.8) is 0 Å². The third-order valence-electron chi connectivity index (χ3n) is 9.22. The van der Waals surface area contributed by atoms with Gasteiger partial charge in [-0.3, -0.25) is 0 Å². The number of hydrogen-bond donors (Lipinski definition) is 0. The van der Waals surface area contributed by atoms with Crippen molar-refractivity contribution in [1.29, 1.82) is 0 Å². The Balaban J connectivity index is 1.93. The van der Waals surface area contributed by atoms with E-state index in [4.69, 9.17) is 14.2 Å². The van der Waals surface area contributed by atoms with Crippen molar-refractivity contribution in [1.82, 2.24) is 0 Å². The average Bonchev–Trinajstić information content (AvgIpc) is 2.70. The van der Waals surface area contributed by atoms with Gasteiger partial charge < -0.3 is 14.2 Å². The van der Waals surface area contributed by atoms with Gasteiger partial charge in [0, 0.05) is 5.56 Å². The second kappa shape index (κ2) is 7.17. The molecule has 3 aliphatic rings. The Hall–Kier alpha value is -1.71. The Morgan fingerprint density at radius 2 is 1.70 bits per heavy atom. The molecule has 3 aliphatic carbocycles. The van der Waals surface area contributed by atoms with Crippen LogP contribution in [-0.4, -0.2) is 27.3 Å². The Morgan fingerprint density at radius 3 is 2.33 bits per heavy atom. The van der Waals surface area contributed by atoms with Gasteiger partial charge in [-0.15, -0.1) is 0 Å². The molecule has 0 aliphatic heterocycles. The van der Waals surface area contributed by atoms with E-state index in [2.05, 4.69) is 27.7 Å². The van der Waals surface area contributed by atoms with Crippen molar-refractivity contribution in [2.75, 3.05) is 21.3 Å². The van der Waals surface area contributed by atoms with Crippen LogP contribution in [0.1, 0.15) is 87.7 Å². The van der Waals surface area contributed by atoms with E-state index in [-0.39, 0.29) is 11.4 Å². The van der Waals surface area contributed by atoms with Crippen LogP contribution in [0, 0.1) is 22.7 Å². The third kappa shape index (κ3) is 2.81. The van der Waals surface area contributed by atoms with Gasteiger partial charge in [-0.05, 0) is 78.2 Å². The van der Waals surface area contributed by atoms with Crippen LogP contribution in [-0.2, 0) is 16.6 Å². The predicted molar refractivity (Wildman–Crippen MR) is 119 cm³/mol. The molecule has 0 N–H and O–H groups in total. The zero-order valence-electron chi connectivity index (χ0n) is 19.8. The molecule has 4 rings (SSSR count). The highest BCUT2D eigenvalue weighted by atomic mass is 16.5. The van der Waals surface area contributed by atoms with Gasteiger partial charge in [0.1, 0.15) is 0 Å². The van der Waals surface area contributed by atoms with E-state index in [1.165, 1.54) is 32.8 Å². The molecule has 4 nitrogen and oxygen atoms in total. The number of rotatable bonds is 3. The predicted octanol–water partition coefficient (Wildman–Crippen LogP) is 5.94. The van der Waals surface area contributed by atoms with E-state index in [0.29, 0.717) is 28.1 Å². The number of fused-ring (bicyclic) bond motifs is 5. The van der Waals surface area contributed by atoms with Gasteiger partial charge in [-0.1, -0.05) is 34.1 Å². The highest BCUT2D eigenvalue weighted by Crippen LogP contribution is 2.67. The Kier molecular flexibility index (Phi) is 5.14. The van der Waals surface area contributed by atoms with Crippen molar-refractivity contribution in [3.05, 3.63) is 22.8 Å². The normalized spacial score (nSPS) is 34.2. The molecule has 0 amide bonds. The van der Waals surface area contributed by atoms with Crippen LogP contribution in [0.3, 0.4) is 0 Å². The van der Waals surface area contributed by atoms with Crippen LogP contribution in [0.15, 0.2) is 6.07 Å². The minimum Gasteiger partial charge on any atom is -0.493 e. The van der Waals surface area contributed by atoms with E-state index in [9.17, 15) is 4.79 Å². The maximum absolute atomic E-state index is 12.9. The molecule has 2 fully saturated rings. The highest BCUT2D eigenvalue weighted by Gasteiger charge is 2.60. The largest absolute Gasteiger partial charge is 0.493 e. The number of methoxy groups -OCH3 is 3. The third-order valence-corrected chi connectivity index (χ3v) is 9.22. The summed E-state index contributed by atoms with van der Waals surface area (Å²) in [5.41, 5.74) is 3.59. The van der Waals surface area contributed by atoms with Gasteiger partial charge in [0.25, 0.3) is 0 Å². The lowest BCUT2D eigenvalue weighted by atomic mass is 9.40. The molecule has 0 heterocycles. The number of ether oxygens (including phenoxy) is 3. The first-order chi connectivity index (χ1) is 14.1. The zero-order valence-corrected chi connectivity index (χ0v) is 19.8. The smallest absolute Gasteiger partial charge is 0.338 e. The first-order valence-electron chi connectivity index (χ1n) is 11.5. The Labute approximate surface area is 181 Å². The molecule has 0 bridgehead atoms. The minimum absolute atomic E-state index is 0.0602. The second-order valence-electron chi connectivity index (χ2n) is 11.0. The fourth-order valence-corrected chi connectivity index (χ4v) is 8.12. The van der Waals surface area contributed by atoms with Crippen molar-refractivity contribution >= 4 is 5.97 Å². The standard InChI is InChI=1S/C26H38O4/c1-24(2)12-8-13-25(3)19(24)11-14-26(4)20(25)10-9-16-21(26)17(23(27)30-7)15-18(28-5)22(16)29-6/h15,19-20H,8-14H2,1-7H3/t19-,20+,25-,26+/m0/s1. The van der Waals surface area contributed by atoms with Crippen LogP contribution >= 0.6 is 0 Å². The van der Waals surface area contributed by atoms with Crippen molar-refractivity contribution in [2.24, 2.45) is 22.7 Å². The zero-order chi connectivity index (χ0) is 21.9. The molecule has 1 aromatic rings. The van der Waals surface area contributed by atoms with Crippen molar-refractivity contribution < 1.29 is 19.0 Å². The first kappa shape index (κ1) is 21.5. The van der Waals surface area contributed by atoms with E-state index in [0.717, 1.165) is 42.1 Å². The van der Waals surface area contributed by atoms with Gasteiger partial charge in [-0.2, -0.15) is 0 Å². The lowest BCUT2D eigenvalue weighted by molar-refractivity contribution is -0.110. The van der Waals surface area contributed by atoms with Crippen LogP contribution in [0.25, 0.3) is 0 Å². The van der Waals surface area contributed by atoms with Gasteiger partial charge in [0.2, 0.25) is 0 Å². The van der Waals surface area contributed by atoms with Crippen LogP contribution in [0.2, 0.25) is 0 Å². The van der Waals surface area contributed by atoms with E-state index in [1.54, 1.807) is 14.2 Å². The molecule has 0 spiro atoms. The van der Waals surface area contributed by atoms with Crippen molar-refractivity contribution in [2.45, 2.75) is 78.1 Å². The molecule has 0 unspecified atom stereocenters. The summed E-state index contributed by atoms with van der Waals surface area (Å²) in [6.07, 6.45) is 8.29. The topological polar surface area (TPSA) is 44.8 Å². The monoisotopic (exact) mass is 414 g/mol. The Morgan fingerprint density at radius 1 is 0.967 bits per heavy atom. The summed E-state index contributed by atoms with van der Waals surface area (Å²) in [4.78, 5) is 12.9. The molecule has 166 valence electrons. The van der Waals surface area contributed by atoms with Gasteiger partial charge >= 0.3 is 5.97 Å². The molecule has 2 saturated carbocycles. The molecule has 0 aromatic heterocycles. The Bertz CT molecular complexity index is 857. The first-order valence-corrected chi connectivity index (χ1v) is 11.5. The van der Waals surface area contributed by atoms with Gasteiger partial charge in [0.05, 0.1) is 26.9 Å². The second-order valence-corrected chi connectivity index (χ2v) is 11.0. The summed E-state index contributed by atoms with van der Waals surface area (Å²) >= 11 is 0. The van der Waals surface area contributed by atoms with E-state index < -0.39 is 0 Å². The molecule has 0 saturated heterocycles. The summed E-state index contributed by atoms with van der Waals surface area (Å²) in [5.74, 6) is 2.43. The molecule has 30 heavy (non-hydrogen) atoms. The van der Waals surface area contributed by atoms with Gasteiger partial charge in [0.15, 0.2) is 11.5 Å². The number of hydrogen-bond acceptors (Lipinski definition) is 4. The average molecular weight is 415 g/mol. The van der Waals surface area contributed by atoms with Crippen molar-refractivity contribution in [3.8, 4) is 11.5 Å². The lowest BCUT2D eigenvalue weighted by Gasteiger charge is -2.64. The summed E-state index contributed by atoms with van der Waals surface area (Å²) in [6, 6.07) is 1.84. The molecular weight excluding hydrogens is 376 g/mol. The lowest BCUT2D eigenvalue weighted by Crippen LogP contribution is -2.58. The molecule has 4 heteroatoms. The molecule has 4 atom stereocenters. The fourth-order valence-electron chi connectivity index (χ4n) is 8.12. The maximum atomic E-state index is 12.9.